The van der Waals surface area contributed by atoms with Crippen LogP contribution in [0.4, 0.5) is 8.78 Å². The van der Waals surface area contributed by atoms with Gasteiger partial charge < -0.3 is 4.74 Å². The van der Waals surface area contributed by atoms with Crippen molar-refractivity contribution in [2.75, 3.05) is 13.2 Å². The minimum absolute atomic E-state index is 0.113. The molecular formula is C11H15BrF2N2O. The first kappa shape index (κ1) is 14.5. The SMILES string of the molecule is CCCOCC(NN)c1c(F)ccc(Br)c1F. The van der Waals surface area contributed by atoms with E-state index in [9.17, 15) is 8.78 Å². The molecule has 0 heterocycles. The van der Waals surface area contributed by atoms with Crippen molar-refractivity contribution in [1.82, 2.24) is 5.43 Å². The van der Waals surface area contributed by atoms with E-state index < -0.39 is 17.7 Å². The third-order valence-electron chi connectivity index (χ3n) is 2.26. The monoisotopic (exact) mass is 308 g/mol. The largest absolute Gasteiger partial charge is 0.379 e. The molecule has 0 radical (unpaired) electrons. The standard InChI is InChI=1S/C11H15BrF2N2O/c1-2-5-17-6-9(16-15)10-8(13)4-3-7(12)11(10)14/h3-4,9,16H,2,5-6,15H2,1H3. The molecule has 3 N–H and O–H groups in total. The van der Waals surface area contributed by atoms with Gasteiger partial charge in [0.1, 0.15) is 11.6 Å². The number of hydrazine groups is 1. The molecule has 1 aromatic carbocycles. The van der Waals surface area contributed by atoms with Crippen molar-refractivity contribution in [3.8, 4) is 0 Å². The lowest BCUT2D eigenvalue weighted by Crippen LogP contribution is -2.33. The molecular weight excluding hydrogens is 294 g/mol. The number of hydrogen-bond acceptors (Lipinski definition) is 3. The molecule has 96 valence electrons. The molecule has 0 saturated carbocycles. The fourth-order valence-corrected chi connectivity index (χ4v) is 1.77. The Morgan fingerprint density at radius 1 is 1.47 bits per heavy atom. The second kappa shape index (κ2) is 7.00. The molecule has 0 aromatic heterocycles. The summed E-state index contributed by atoms with van der Waals surface area (Å²) in [4.78, 5) is 0. The van der Waals surface area contributed by atoms with Crippen LogP contribution in [0.15, 0.2) is 16.6 Å². The summed E-state index contributed by atoms with van der Waals surface area (Å²) in [5.74, 6) is 3.99. The molecule has 1 aromatic rings. The molecule has 0 saturated heterocycles. The highest BCUT2D eigenvalue weighted by molar-refractivity contribution is 9.10. The summed E-state index contributed by atoms with van der Waals surface area (Å²) < 4.78 is 32.8. The van der Waals surface area contributed by atoms with Crippen LogP contribution in [0.3, 0.4) is 0 Å². The summed E-state index contributed by atoms with van der Waals surface area (Å²) in [6.45, 7) is 2.59. The third-order valence-corrected chi connectivity index (χ3v) is 2.87. The Morgan fingerprint density at radius 3 is 2.76 bits per heavy atom. The van der Waals surface area contributed by atoms with E-state index in [0.717, 1.165) is 6.42 Å². The summed E-state index contributed by atoms with van der Waals surface area (Å²) in [6, 6.07) is 1.79. The predicted octanol–water partition coefficient (Wildman–Crippen LogP) is 2.66. The van der Waals surface area contributed by atoms with Gasteiger partial charge in [0.05, 0.1) is 17.1 Å². The van der Waals surface area contributed by atoms with Gasteiger partial charge in [-0.05, 0) is 34.5 Å². The van der Waals surface area contributed by atoms with Gasteiger partial charge in [0.15, 0.2) is 0 Å². The van der Waals surface area contributed by atoms with Crippen LogP contribution >= 0.6 is 15.9 Å². The van der Waals surface area contributed by atoms with Gasteiger partial charge in [0.2, 0.25) is 0 Å². The van der Waals surface area contributed by atoms with Crippen LogP contribution in [0, 0.1) is 11.6 Å². The number of nitrogens with one attached hydrogen (secondary N) is 1. The second-order valence-corrected chi connectivity index (χ2v) is 4.41. The lowest BCUT2D eigenvalue weighted by molar-refractivity contribution is 0.110. The summed E-state index contributed by atoms with van der Waals surface area (Å²) in [5.41, 5.74) is 2.25. The average Bonchev–Trinajstić information content (AvgIpc) is 2.32. The Kier molecular flexibility index (Phi) is 5.97. The molecule has 1 rings (SSSR count). The van der Waals surface area contributed by atoms with Crippen molar-refractivity contribution < 1.29 is 13.5 Å². The molecule has 0 spiro atoms. The van der Waals surface area contributed by atoms with Crippen LogP contribution in [0.5, 0.6) is 0 Å². The number of benzene rings is 1. The Bertz CT molecular complexity index is 377. The van der Waals surface area contributed by atoms with Crippen molar-refractivity contribution in [3.05, 3.63) is 33.8 Å². The lowest BCUT2D eigenvalue weighted by Gasteiger charge is -2.18. The maximum absolute atomic E-state index is 13.8. The van der Waals surface area contributed by atoms with Crippen molar-refractivity contribution in [1.29, 1.82) is 0 Å². The molecule has 0 aliphatic carbocycles. The molecule has 0 bridgehead atoms. The van der Waals surface area contributed by atoms with Crippen molar-refractivity contribution in [2.45, 2.75) is 19.4 Å². The molecule has 1 atom stereocenters. The summed E-state index contributed by atoms with van der Waals surface area (Å²) >= 11 is 3.01. The number of rotatable bonds is 6. The second-order valence-electron chi connectivity index (χ2n) is 3.55. The topological polar surface area (TPSA) is 47.3 Å². The molecule has 3 nitrogen and oxygen atoms in total. The Hall–Kier alpha value is -0.560. The van der Waals surface area contributed by atoms with E-state index in [0.29, 0.717) is 6.61 Å². The fourth-order valence-electron chi connectivity index (χ4n) is 1.42. The first-order valence-electron chi connectivity index (χ1n) is 5.29. The van der Waals surface area contributed by atoms with Crippen LogP contribution in [-0.4, -0.2) is 13.2 Å². The number of halogens is 3. The van der Waals surface area contributed by atoms with E-state index >= 15 is 0 Å². The smallest absolute Gasteiger partial charge is 0.145 e. The van der Waals surface area contributed by atoms with E-state index in [1.165, 1.54) is 12.1 Å². The molecule has 0 amide bonds. The van der Waals surface area contributed by atoms with Gasteiger partial charge in [0, 0.05) is 12.2 Å². The molecule has 6 heteroatoms. The normalized spacial score (nSPS) is 12.8. The van der Waals surface area contributed by atoms with Crippen LogP contribution in [0.2, 0.25) is 0 Å². The molecule has 0 aliphatic heterocycles. The van der Waals surface area contributed by atoms with E-state index in [2.05, 4.69) is 21.4 Å². The van der Waals surface area contributed by atoms with Gasteiger partial charge in [0.25, 0.3) is 0 Å². The van der Waals surface area contributed by atoms with Gasteiger partial charge >= 0.3 is 0 Å². The van der Waals surface area contributed by atoms with E-state index in [1.54, 1.807) is 0 Å². The zero-order chi connectivity index (χ0) is 12.8. The Balaban J connectivity index is 2.91. The van der Waals surface area contributed by atoms with Gasteiger partial charge in [-0.2, -0.15) is 0 Å². The third kappa shape index (κ3) is 3.70. The molecule has 0 fully saturated rings. The Morgan fingerprint density at radius 2 is 2.18 bits per heavy atom. The first-order valence-corrected chi connectivity index (χ1v) is 6.08. The summed E-state index contributed by atoms with van der Waals surface area (Å²) in [6.07, 6.45) is 0.834. The number of nitrogens with two attached hydrogens (primary N) is 1. The summed E-state index contributed by atoms with van der Waals surface area (Å²) in [5, 5.41) is 0. The van der Waals surface area contributed by atoms with Gasteiger partial charge in [-0.1, -0.05) is 6.92 Å². The average molecular weight is 309 g/mol. The highest BCUT2D eigenvalue weighted by Gasteiger charge is 2.21. The van der Waals surface area contributed by atoms with Crippen molar-refractivity contribution in [2.24, 2.45) is 5.84 Å². The zero-order valence-electron chi connectivity index (χ0n) is 9.47. The van der Waals surface area contributed by atoms with E-state index in [4.69, 9.17) is 10.6 Å². The van der Waals surface area contributed by atoms with Gasteiger partial charge in [-0.25, -0.2) is 8.78 Å². The highest BCUT2D eigenvalue weighted by atomic mass is 79.9. The maximum atomic E-state index is 13.8. The first-order chi connectivity index (χ1) is 8.11. The highest BCUT2D eigenvalue weighted by Crippen LogP contribution is 2.26. The lowest BCUT2D eigenvalue weighted by atomic mass is 10.1. The van der Waals surface area contributed by atoms with Crippen LogP contribution in [-0.2, 0) is 4.74 Å². The van der Waals surface area contributed by atoms with E-state index in [1.807, 2.05) is 6.92 Å². The number of ether oxygens (including phenoxy) is 1. The predicted molar refractivity (Wildman–Crippen MR) is 65.2 cm³/mol. The quantitative estimate of drug-likeness (QED) is 0.367. The van der Waals surface area contributed by atoms with E-state index in [-0.39, 0.29) is 16.6 Å². The van der Waals surface area contributed by atoms with Crippen LogP contribution in [0.25, 0.3) is 0 Å². The molecule has 0 aliphatic rings. The van der Waals surface area contributed by atoms with Gasteiger partial charge in [-0.3, -0.25) is 11.3 Å². The minimum Gasteiger partial charge on any atom is -0.379 e. The zero-order valence-corrected chi connectivity index (χ0v) is 11.1. The van der Waals surface area contributed by atoms with Crippen LogP contribution in [0.1, 0.15) is 24.9 Å². The fraction of sp³-hybridized carbons (Fsp3) is 0.455. The number of hydrogen-bond donors (Lipinski definition) is 2. The molecule has 17 heavy (non-hydrogen) atoms. The van der Waals surface area contributed by atoms with Crippen molar-refractivity contribution in [3.63, 3.8) is 0 Å². The van der Waals surface area contributed by atoms with Crippen LogP contribution < -0.4 is 11.3 Å². The maximum Gasteiger partial charge on any atom is 0.145 e. The van der Waals surface area contributed by atoms with Crippen molar-refractivity contribution >= 4 is 15.9 Å². The minimum atomic E-state index is -0.709. The molecule has 1 unspecified atom stereocenters. The van der Waals surface area contributed by atoms with Gasteiger partial charge in [-0.15, -0.1) is 0 Å². The summed E-state index contributed by atoms with van der Waals surface area (Å²) in [7, 11) is 0. The Labute approximate surface area is 107 Å².